The van der Waals surface area contributed by atoms with Gasteiger partial charge in [0.05, 0.1) is 11.6 Å². The number of benzene rings is 1. The van der Waals surface area contributed by atoms with Crippen LogP contribution in [0.4, 0.5) is 0 Å². The Hall–Kier alpha value is -1.72. The number of aromatic nitrogens is 1. The summed E-state index contributed by atoms with van der Waals surface area (Å²) < 4.78 is 0. The van der Waals surface area contributed by atoms with Crippen LogP contribution in [0.3, 0.4) is 0 Å². The van der Waals surface area contributed by atoms with Crippen molar-refractivity contribution in [2.24, 2.45) is 0 Å². The summed E-state index contributed by atoms with van der Waals surface area (Å²) >= 11 is 1.53. The van der Waals surface area contributed by atoms with Crippen LogP contribution in [-0.2, 0) is 19.6 Å². The van der Waals surface area contributed by atoms with Crippen molar-refractivity contribution >= 4 is 17.2 Å². The van der Waals surface area contributed by atoms with E-state index in [1.807, 2.05) is 24.3 Å². The van der Waals surface area contributed by atoms with Gasteiger partial charge >= 0.3 is 0 Å². The zero-order valence-electron chi connectivity index (χ0n) is 11.4. The first-order valence-corrected chi connectivity index (χ1v) is 7.52. The number of aliphatic hydroxyl groups excluding tert-OH is 1. The van der Waals surface area contributed by atoms with Crippen LogP contribution in [-0.4, -0.2) is 16.0 Å². The standard InChI is InChI=1S/C15H18N2O2S/c1-2-3-14-17-13(10-20-14)15(19)16-8-11-4-6-12(9-18)7-5-11/h4-7,10,18H,2-3,8-9H2,1H3,(H,16,19). The summed E-state index contributed by atoms with van der Waals surface area (Å²) in [5, 5.41) is 14.6. The number of carbonyl (C=O) groups is 1. The zero-order chi connectivity index (χ0) is 14.4. The highest BCUT2D eigenvalue weighted by Crippen LogP contribution is 2.12. The molecule has 0 saturated carbocycles. The summed E-state index contributed by atoms with van der Waals surface area (Å²) in [6.07, 6.45) is 1.95. The first kappa shape index (κ1) is 14.7. The Bertz CT molecular complexity index is 564. The molecule has 0 aliphatic heterocycles. The Morgan fingerprint density at radius 1 is 1.30 bits per heavy atom. The minimum atomic E-state index is -0.144. The predicted octanol–water partition coefficient (Wildman–Crippen LogP) is 2.52. The molecule has 2 aromatic rings. The van der Waals surface area contributed by atoms with Crippen molar-refractivity contribution in [3.05, 3.63) is 51.5 Å². The molecule has 2 rings (SSSR count). The van der Waals surface area contributed by atoms with E-state index in [-0.39, 0.29) is 12.5 Å². The molecule has 0 aliphatic rings. The fourth-order valence-corrected chi connectivity index (χ4v) is 2.66. The lowest BCUT2D eigenvalue weighted by molar-refractivity contribution is 0.0946. The number of nitrogens with zero attached hydrogens (tertiary/aromatic N) is 1. The third-order valence-electron chi connectivity index (χ3n) is 2.91. The van der Waals surface area contributed by atoms with Gasteiger partial charge in [0.15, 0.2) is 0 Å². The van der Waals surface area contributed by atoms with E-state index in [1.54, 1.807) is 5.38 Å². The molecule has 1 heterocycles. The zero-order valence-corrected chi connectivity index (χ0v) is 12.2. The molecule has 0 radical (unpaired) electrons. The second-order valence-electron chi connectivity index (χ2n) is 4.53. The molecule has 1 amide bonds. The van der Waals surface area contributed by atoms with Crippen molar-refractivity contribution in [2.45, 2.75) is 32.9 Å². The van der Waals surface area contributed by atoms with Crippen LogP contribution in [0.1, 0.15) is 40.0 Å². The first-order valence-electron chi connectivity index (χ1n) is 6.64. The van der Waals surface area contributed by atoms with E-state index >= 15 is 0 Å². The van der Waals surface area contributed by atoms with E-state index in [4.69, 9.17) is 5.11 Å². The number of aryl methyl sites for hydroxylation is 1. The van der Waals surface area contributed by atoms with Crippen molar-refractivity contribution in [3.63, 3.8) is 0 Å². The van der Waals surface area contributed by atoms with Crippen LogP contribution in [0.2, 0.25) is 0 Å². The Balaban J connectivity index is 1.90. The average molecular weight is 290 g/mol. The van der Waals surface area contributed by atoms with Gasteiger partial charge < -0.3 is 10.4 Å². The summed E-state index contributed by atoms with van der Waals surface area (Å²) in [6, 6.07) is 7.50. The highest BCUT2D eigenvalue weighted by Gasteiger charge is 2.09. The third kappa shape index (κ3) is 3.88. The minimum absolute atomic E-state index is 0.0334. The number of rotatable bonds is 6. The van der Waals surface area contributed by atoms with Crippen molar-refractivity contribution < 1.29 is 9.90 Å². The fourth-order valence-electron chi connectivity index (χ4n) is 1.78. The number of amides is 1. The third-order valence-corrected chi connectivity index (χ3v) is 3.82. The van der Waals surface area contributed by atoms with Gasteiger partial charge in [-0.25, -0.2) is 4.98 Å². The molecule has 2 N–H and O–H groups in total. The summed E-state index contributed by atoms with van der Waals surface area (Å²) in [6.45, 7) is 2.59. The molecule has 0 unspecified atom stereocenters. The van der Waals surface area contributed by atoms with Gasteiger partial charge in [-0.1, -0.05) is 31.2 Å². The maximum absolute atomic E-state index is 12.0. The molecule has 106 valence electrons. The highest BCUT2D eigenvalue weighted by molar-refractivity contribution is 7.09. The fraction of sp³-hybridized carbons (Fsp3) is 0.333. The monoisotopic (exact) mass is 290 g/mol. The quantitative estimate of drug-likeness (QED) is 0.859. The smallest absolute Gasteiger partial charge is 0.271 e. The van der Waals surface area contributed by atoms with E-state index < -0.39 is 0 Å². The molecule has 20 heavy (non-hydrogen) atoms. The summed E-state index contributed by atoms with van der Waals surface area (Å²) in [4.78, 5) is 16.3. The molecule has 0 aliphatic carbocycles. The van der Waals surface area contributed by atoms with E-state index in [2.05, 4.69) is 17.2 Å². The van der Waals surface area contributed by atoms with E-state index in [1.165, 1.54) is 11.3 Å². The number of hydrogen-bond acceptors (Lipinski definition) is 4. The molecular weight excluding hydrogens is 272 g/mol. The molecular formula is C15H18N2O2S. The molecule has 0 saturated heterocycles. The molecule has 5 heteroatoms. The summed E-state index contributed by atoms with van der Waals surface area (Å²) in [7, 11) is 0. The van der Waals surface area contributed by atoms with Gasteiger partial charge in [-0.05, 0) is 24.0 Å². The second kappa shape index (κ2) is 7.17. The molecule has 1 aromatic carbocycles. The maximum Gasteiger partial charge on any atom is 0.271 e. The molecule has 0 atom stereocenters. The van der Waals surface area contributed by atoms with Gasteiger partial charge in [0, 0.05) is 11.9 Å². The topological polar surface area (TPSA) is 62.2 Å². The Morgan fingerprint density at radius 3 is 2.65 bits per heavy atom. The van der Waals surface area contributed by atoms with Gasteiger partial charge in [-0.2, -0.15) is 0 Å². The second-order valence-corrected chi connectivity index (χ2v) is 5.48. The van der Waals surface area contributed by atoms with Gasteiger partial charge in [0.2, 0.25) is 0 Å². The molecule has 1 aromatic heterocycles. The average Bonchev–Trinajstić information content (AvgIpc) is 2.94. The molecule has 4 nitrogen and oxygen atoms in total. The number of carbonyl (C=O) groups excluding carboxylic acids is 1. The van der Waals surface area contributed by atoms with Crippen LogP contribution < -0.4 is 5.32 Å². The van der Waals surface area contributed by atoms with Crippen LogP contribution in [0.5, 0.6) is 0 Å². The maximum atomic E-state index is 12.0. The summed E-state index contributed by atoms with van der Waals surface area (Å²) in [5.41, 5.74) is 2.36. The SMILES string of the molecule is CCCc1nc(C(=O)NCc2ccc(CO)cc2)cs1. The number of aliphatic hydroxyl groups is 1. The van der Waals surface area contributed by atoms with Gasteiger partial charge in [-0.3, -0.25) is 4.79 Å². The van der Waals surface area contributed by atoms with E-state index in [0.29, 0.717) is 12.2 Å². The van der Waals surface area contributed by atoms with Gasteiger partial charge in [0.25, 0.3) is 5.91 Å². The normalized spacial score (nSPS) is 10.5. The molecule has 0 spiro atoms. The number of hydrogen-bond donors (Lipinski definition) is 2. The minimum Gasteiger partial charge on any atom is -0.392 e. The van der Waals surface area contributed by atoms with Crippen LogP contribution in [0.15, 0.2) is 29.6 Å². The van der Waals surface area contributed by atoms with Gasteiger partial charge in [0.1, 0.15) is 5.69 Å². The molecule has 0 fully saturated rings. The van der Waals surface area contributed by atoms with Crippen molar-refractivity contribution in [1.29, 1.82) is 0 Å². The van der Waals surface area contributed by atoms with Crippen LogP contribution in [0.25, 0.3) is 0 Å². The Morgan fingerprint density at radius 2 is 2.00 bits per heavy atom. The molecule has 0 bridgehead atoms. The Labute approximate surface area is 122 Å². The van der Waals surface area contributed by atoms with Crippen molar-refractivity contribution in [2.75, 3.05) is 0 Å². The highest BCUT2D eigenvalue weighted by atomic mass is 32.1. The van der Waals surface area contributed by atoms with Crippen LogP contribution in [0, 0.1) is 0 Å². The number of nitrogens with one attached hydrogen (secondary N) is 1. The van der Waals surface area contributed by atoms with Crippen molar-refractivity contribution in [1.82, 2.24) is 10.3 Å². The van der Waals surface area contributed by atoms with Gasteiger partial charge in [-0.15, -0.1) is 11.3 Å². The summed E-state index contributed by atoms with van der Waals surface area (Å²) in [5.74, 6) is -0.144. The first-order chi connectivity index (χ1) is 9.72. The lowest BCUT2D eigenvalue weighted by Gasteiger charge is -2.04. The van der Waals surface area contributed by atoms with E-state index in [9.17, 15) is 4.79 Å². The lowest BCUT2D eigenvalue weighted by atomic mass is 10.1. The van der Waals surface area contributed by atoms with Crippen molar-refractivity contribution in [3.8, 4) is 0 Å². The Kier molecular flexibility index (Phi) is 5.26. The predicted molar refractivity (Wildman–Crippen MR) is 79.6 cm³/mol. The lowest BCUT2D eigenvalue weighted by Crippen LogP contribution is -2.23. The largest absolute Gasteiger partial charge is 0.392 e. The number of thiazole rings is 1. The van der Waals surface area contributed by atoms with E-state index in [0.717, 1.165) is 29.0 Å². The van der Waals surface area contributed by atoms with Crippen LogP contribution >= 0.6 is 11.3 Å².